The number of aromatic nitrogens is 3. The molecule has 0 saturated heterocycles. The molecule has 0 saturated carbocycles. The lowest BCUT2D eigenvalue weighted by Crippen LogP contribution is -2.23. The highest BCUT2D eigenvalue weighted by Crippen LogP contribution is 2.28. The summed E-state index contributed by atoms with van der Waals surface area (Å²) in [5, 5.41) is 12.0. The smallest absolute Gasteiger partial charge is 0.237 e. The Morgan fingerprint density at radius 1 is 1.13 bits per heavy atom. The van der Waals surface area contributed by atoms with Crippen LogP contribution < -0.4 is 5.32 Å². The van der Waals surface area contributed by atoms with E-state index in [2.05, 4.69) is 33.1 Å². The Hall–Kier alpha value is -2.93. The number of hydrogen-bond acceptors (Lipinski definition) is 5. The maximum absolute atomic E-state index is 12.7. The maximum atomic E-state index is 12.7. The van der Waals surface area contributed by atoms with Crippen molar-refractivity contribution in [2.24, 2.45) is 0 Å². The van der Waals surface area contributed by atoms with Gasteiger partial charge in [0.25, 0.3) is 0 Å². The van der Waals surface area contributed by atoms with Crippen LogP contribution in [0.1, 0.15) is 43.1 Å². The molecular weight excluding hydrogens is 396 g/mol. The minimum Gasteiger partial charge on any atom is -0.325 e. The van der Waals surface area contributed by atoms with Gasteiger partial charge in [-0.15, -0.1) is 10.2 Å². The minimum absolute atomic E-state index is 0.0372. The third-order valence-electron chi connectivity index (χ3n) is 4.63. The molecular formula is C23H26N4O2S. The first-order valence-corrected chi connectivity index (χ1v) is 10.9. The number of benzene rings is 2. The lowest BCUT2D eigenvalue weighted by molar-refractivity contribution is -0.115. The predicted octanol–water partition coefficient (Wildman–Crippen LogP) is 4.99. The molecule has 6 nitrogen and oxygen atoms in total. The van der Waals surface area contributed by atoms with E-state index in [0.29, 0.717) is 16.4 Å². The molecule has 0 aliphatic rings. The Bertz CT molecular complexity index is 1060. The highest BCUT2D eigenvalue weighted by atomic mass is 32.2. The van der Waals surface area contributed by atoms with Crippen LogP contribution in [0, 0.1) is 6.92 Å². The molecule has 1 atom stereocenters. The van der Waals surface area contributed by atoms with Gasteiger partial charge in [0, 0.05) is 23.4 Å². The van der Waals surface area contributed by atoms with E-state index in [-0.39, 0.29) is 16.9 Å². The monoisotopic (exact) mass is 422 g/mol. The number of carbonyl (C=O) groups is 2. The summed E-state index contributed by atoms with van der Waals surface area (Å²) in [7, 11) is 0. The van der Waals surface area contributed by atoms with Gasteiger partial charge < -0.3 is 9.88 Å². The van der Waals surface area contributed by atoms with Gasteiger partial charge in [-0.1, -0.05) is 54.6 Å². The first-order chi connectivity index (χ1) is 14.4. The summed E-state index contributed by atoms with van der Waals surface area (Å²) in [5.41, 5.74) is 3.35. The molecule has 0 aliphatic carbocycles. The van der Waals surface area contributed by atoms with Crippen LogP contribution in [-0.4, -0.2) is 31.7 Å². The predicted molar refractivity (Wildman–Crippen MR) is 121 cm³/mol. The van der Waals surface area contributed by atoms with Crippen molar-refractivity contribution in [2.45, 2.75) is 51.1 Å². The van der Waals surface area contributed by atoms with Crippen molar-refractivity contribution >= 4 is 29.1 Å². The Morgan fingerprint density at radius 2 is 1.90 bits per heavy atom. The van der Waals surface area contributed by atoms with E-state index >= 15 is 0 Å². The summed E-state index contributed by atoms with van der Waals surface area (Å²) in [6.45, 7) is 8.27. The van der Waals surface area contributed by atoms with Crippen molar-refractivity contribution in [2.75, 3.05) is 5.32 Å². The lowest BCUT2D eigenvalue weighted by Gasteiger charge is -2.14. The van der Waals surface area contributed by atoms with Crippen LogP contribution in [-0.2, 0) is 11.3 Å². The summed E-state index contributed by atoms with van der Waals surface area (Å²) in [6, 6.07) is 15.1. The molecule has 1 heterocycles. The Balaban J connectivity index is 1.77. The standard InChI is InChI=1S/C23H26N4O2S/c1-5-12-27-21(19-10-6-8-15(2)13-19)25-26-23(27)30-17(4)22(29)24-20-11-7-9-18(14-20)16(3)28/h6-11,13-14,17H,5,12H2,1-4H3,(H,24,29). The third kappa shape index (κ3) is 5.16. The van der Waals surface area contributed by atoms with E-state index in [1.165, 1.54) is 18.7 Å². The average molecular weight is 423 g/mol. The van der Waals surface area contributed by atoms with Crippen LogP contribution in [0.4, 0.5) is 5.69 Å². The number of aryl methyl sites for hydroxylation is 1. The Labute approximate surface area is 181 Å². The molecule has 3 aromatic rings. The number of anilines is 1. The number of ketones is 1. The molecule has 0 fully saturated rings. The van der Waals surface area contributed by atoms with Crippen molar-refractivity contribution in [1.29, 1.82) is 0 Å². The minimum atomic E-state index is -0.379. The normalized spacial score (nSPS) is 11.9. The van der Waals surface area contributed by atoms with Crippen molar-refractivity contribution in [3.8, 4) is 11.4 Å². The fourth-order valence-corrected chi connectivity index (χ4v) is 3.95. The molecule has 0 aliphatic heterocycles. The van der Waals surface area contributed by atoms with Crippen molar-refractivity contribution < 1.29 is 9.59 Å². The van der Waals surface area contributed by atoms with E-state index in [9.17, 15) is 9.59 Å². The van der Waals surface area contributed by atoms with Crippen LogP contribution in [0.3, 0.4) is 0 Å². The van der Waals surface area contributed by atoms with Gasteiger partial charge in [-0.3, -0.25) is 9.59 Å². The molecule has 0 bridgehead atoms. The fraction of sp³-hybridized carbons (Fsp3) is 0.304. The van der Waals surface area contributed by atoms with Gasteiger partial charge in [0.15, 0.2) is 16.8 Å². The maximum Gasteiger partial charge on any atom is 0.237 e. The number of rotatable bonds is 8. The number of hydrogen-bond donors (Lipinski definition) is 1. The van der Waals surface area contributed by atoms with Crippen LogP contribution in [0.5, 0.6) is 0 Å². The lowest BCUT2D eigenvalue weighted by atomic mass is 10.1. The highest BCUT2D eigenvalue weighted by molar-refractivity contribution is 8.00. The summed E-state index contributed by atoms with van der Waals surface area (Å²) in [6.07, 6.45) is 0.933. The molecule has 156 valence electrons. The van der Waals surface area contributed by atoms with Gasteiger partial charge >= 0.3 is 0 Å². The fourth-order valence-electron chi connectivity index (χ4n) is 3.07. The number of Topliss-reactive ketones (excluding diaryl/α,β-unsaturated/α-hetero) is 1. The number of amides is 1. The zero-order chi connectivity index (χ0) is 21.7. The van der Waals surface area contributed by atoms with Gasteiger partial charge in [0.2, 0.25) is 5.91 Å². The number of carbonyl (C=O) groups excluding carboxylic acids is 2. The van der Waals surface area contributed by atoms with Gasteiger partial charge in [-0.25, -0.2) is 0 Å². The molecule has 30 heavy (non-hydrogen) atoms. The summed E-state index contributed by atoms with van der Waals surface area (Å²) in [5.74, 6) is 0.624. The molecule has 0 radical (unpaired) electrons. The van der Waals surface area contributed by atoms with Crippen molar-refractivity contribution in [1.82, 2.24) is 14.8 Å². The van der Waals surface area contributed by atoms with Crippen LogP contribution in [0.15, 0.2) is 53.7 Å². The summed E-state index contributed by atoms with van der Waals surface area (Å²) in [4.78, 5) is 24.3. The first kappa shape index (κ1) is 21.8. The van der Waals surface area contributed by atoms with E-state index < -0.39 is 0 Å². The van der Waals surface area contributed by atoms with Gasteiger partial charge in [0.1, 0.15) is 0 Å². The van der Waals surface area contributed by atoms with E-state index in [4.69, 9.17) is 0 Å². The van der Waals surface area contributed by atoms with Gasteiger partial charge in [-0.2, -0.15) is 0 Å². The summed E-state index contributed by atoms with van der Waals surface area (Å²) >= 11 is 1.38. The van der Waals surface area contributed by atoms with Crippen molar-refractivity contribution in [3.63, 3.8) is 0 Å². The second kappa shape index (κ2) is 9.71. The molecule has 1 amide bonds. The second-order valence-corrected chi connectivity index (χ2v) is 8.52. The van der Waals surface area contributed by atoms with E-state index in [1.54, 1.807) is 24.3 Å². The molecule has 1 N–H and O–H groups in total. The zero-order valence-corrected chi connectivity index (χ0v) is 18.5. The zero-order valence-electron chi connectivity index (χ0n) is 17.7. The molecule has 3 rings (SSSR count). The number of nitrogens with one attached hydrogen (secondary N) is 1. The van der Waals surface area contributed by atoms with Crippen LogP contribution in [0.25, 0.3) is 11.4 Å². The van der Waals surface area contributed by atoms with Crippen LogP contribution >= 0.6 is 11.8 Å². The Kier molecular flexibility index (Phi) is 7.05. The largest absolute Gasteiger partial charge is 0.325 e. The van der Waals surface area contributed by atoms with Crippen LogP contribution in [0.2, 0.25) is 0 Å². The highest BCUT2D eigenvalue weighted by Gasteiger charge is 2.21. The SMILES string of the molecule is CCCn1c(SC(C)C(=O)Nc2cccc(C(C)=O)c2)nnc1-c1cccc(C)c1. The molecule has 2 aromatic carbocycles. The summed E-state index contributed by atoms with van der Waals surface area (Å²) < 4.78 is 2.07. The topological polar surface area (TPSA) is 76.9 Å². The van der Waals surface area contributed by atoms with E-state index in [0.717, 1.165) is 29.9 Å². The van der Waals surface area contributed by atoms with Gasteiger partial charge in [0.05, 0.1) is 5.25 Å². The molecule has 1 aromatic heterocycles. The molecule has 1 unspecified atom stereocenters. The third-order valence-corrected chi connectivity index (χ3v) is 5.71. The Morgan fingerprint density at radius 3 is 2.60 bits per heavy atom. The first-order valence-electron chi connectivity index (χ1n) is 9.97. The quantitative estimate of drug-likeness (QED) is 0.409. The number of thioether (sulfide) groups is 1. The second-order valence-electron chi connectivity index (χ2n) is 7.21. The number of nitrogens with zero attached hydrogens (tertiary/aromatic N) is 3. The van der Waals surface area contributed by atoms with Gasteiger partial charge in [-0.05, 0) is 45.4 Å². The van der Waals surface area contributed by atoms with Crippen molar-refractivity contribution in [3.05, 3.63) is 59.7 Å². The molecule has 0 spiro atoms. The average Bonchev–Trinajstić information content (AvgIpc) is 3.10. The molecule has 7 heteroatoms. The van der Waals surface area contributed by atoms with E-state index in [1.807, 2.05) is 32.0 Å².